The molecule has 1 saturated carbocycles. The van der Waals surface area contributed by atoms with E-state index in [4.69, 9.17) is 4.98 Å². The molecule has 4 nitrogen and oxygen atoms in total. The molecule has 5 rings (SSSR count). The molecule has 3 aliphatic rings. The lowest BCUT2D eigenvalue weighted by Gasteiger charge is -2.36. The van der Waals surface area contributed by atoms with Crippen LogP contribution in [0.4, 0.5) is 0 Å². The molecule has 0 amide bonds. The minimum Gasteiger partial charge on any atom is -0.324 e. The number of nitrogens with one attached hydrogen (secondary N) is 1. The van der Waals surface area contributed by atoms with Gasteiger partial charge in [0.2, 0.25) is 0 Å². The van der Waals surface area contributed by atoms with E-state index in [0.717, 1.165) is 19.0 Å². The van der Waals surface area contributed by atoms with Crippen LogP contribution in [0.2, 0.25) is 0 Å². The van der Waals surface area contributed by atoms with Crippen molar-refractivity contribution in [3.63, 3.8) is 0 Å². The maximum atomic E-state index is 5.11. The van der Waals surface area contributed by atoms with Gasteiger partial charge in [-0.3, -0.25) is 0 Å². The minimum atomic E-state index is 0.579. The lowest BCUT2D eigenvalue weighted by atomic mass is 9.90. The molecule has 3 fully saturated rings. The van der Waals surface area contributed by atoms with Gasteiger partial charge in [-0.2, -0.15) is 0 Å². The molecule has 1 N–H and O–H groups in total. The largest absolute Gasteiger partial charge is 0.324 e. The van der Waals surface area contributed by atoms with Crippen LogP contribution < -0.4 is 5.32 Å². The molecule has 0 unspecified atom stereocenters. The Morgan fingerprint density at radius 3 is 2.41 bits per heavy atom. The molecule has 158 valence electrons. The van der Waals surface area contributed by atoms with E-state index >= 15 is 0 Å². The van der Waals surface area contributed by atoms with Gasteiger partial charge in [0, 0.05) is 38.1 Å². The molecule has 0 radical (unpaired) electrons. The van der Waals surface area contributed by atoms with Crippen LogP contribution in [0.3, 0.4) is 0 Å². The first-order valence-corrected chi connectivity index (χ1v) is 12.3. The number of benzene rings is 1. The highest BCUT2D eigenvalue weighted by Crippen LogP contribution is 2.34. The molecule has 0 spiro atoms. The fourth-order valence-corrected chi connectivity index (χ4v) is 6.06. The topological polar surface area (TPSA) is 33.1 Å². The van der Waals surface area contributed by atoms with Gasteiger partial charge in [0.1, 0.15) is 5.82 Å². The van der Waals surface area contributed by atoms with Gasteiger partial charge in [0.05, 0.1) is 11.0 Å². The highest BCUT2D eigenvalue weighted by atomic mass is 15.2. The highest BCUT2D eigenvalue weighted by molar-refractivity contribution is 5.76. The summed E-state index contributed by atoms with van der Waals surface area (Å²) in [6, 6.07) is 9.41. The van der Waals surface area contributed by atoms with Crippen LogP contribution >= 0.6 is 0 Å². The SMILES string of the molecule is c1ccc2c(c1)nc([C@@H]1CCNC1)n2C1CCN(CC2CCCCCCC2)CC1. The number of hydrogen-bond donors (Lipinski definition) is 1. The van der Waals surface area contributed by atoms with E-state index in [-0.39, 0.29) is 0 Å². The van der Waals surface area contributed by atoms with E-state index in [9.17, 15) is 0 Å². The fourth-order valence-electron chi connectivity index (χ4n) is 6.06. The molecule has 4 heteroatoms. The summed E-state index contributed by atoms with van der Waals surface area (Å²) in [4.78, 5) is 7.89. The number of aromatic nitrogens is 2. The third-order valence-electron chi connectivity index (χ3n) is 7.71. The Morgan fingerprint density at radius 2 is 1.66 bits per heavy atom. The van der Waals surface area contributed by atoms with Gasteiger partial charge in [-0.25, -0.2) is 4.98 Å². The molecule has 0 bridgehead atoms. The van der Waals surface area contributed by atoms with Crippen molar-refractivity contribution >= 4 is 11.0 Å². The summed E-state index contributed by atoms with van der Waals surface area (Å²) in [5.41, 5.74) is 2.54. The molecular weight excluding hydrogens is 356 g/mol. The number of nitrogens with zero attached hydrogens (tertiary/aromatic N) is 3. The van der Waals surface area contributed by atoms with Crippen LogP contribution in [0.1, 0.15) is 82.0 Å². The number of fused-ring (bicyclic) bond motifs is 1. The molecule has 2 aliphatic heterocycles. The summed E-state index contributed by atoms with van der Waals surface area (Å²) >= 11 is 0. The smallest absolute Gasteiger partial charge is 0.114 e. The van der Waals surface area contributed by atoms with Crippen LogP contribution in [0, 0.1) is 5.92 Å². The van der Waals surface area contributed by atoms with Gasteiger partial charge < -0.3 is 14.8 Å². The second-order valence-corrected chi connectivity index (χ2v) is 9.76. The van der Waals surface area contributed by atoms with E-state index in [2.05, 4.69) is 39.0 Å². The van der Waals surface area contributed by atoms with Crippen LogP contribution in [0.5, 0.6) is 0 Å². The highest BCUT2D eigenvalue weighted by Gasteiger charge is 2.29. The van der Waals surface area contributed by atoms with Crippen LogP contribution in [0.15, 0.2) is 24.3 Å². The monoisotopic (exact) mass is 394 g/mol. The van der Waals surface area contributed by atoms with Crippen molar-refractivity contribution in [1.29, 1.82) is 0 Å². The number of likely N-dealkylation sites (tertiary alicyclic amines) is 1. The second kappa shape index (κ2) is 9.18. The van der Waals surface area contributed by atoms with E-state index in [0.29, 0.717) is 12.0 Å². The van der Waals surface area contributed by atoms with Crippen molar-refractivity contribution < 1.29 is 0 Å². The van der Waals surface area contributed by atoms with Crippen molar-refractivity contribution in [2.24, 2.45) is 5.92 Å². The van der Waals surface area contributed by atoms with Gasteiger partial charge in [-0.1, -0.05) is 44.2 Å². The Bertz CT molecular complexity index is 775. The Balaban J connectivity index is 1.28. The van der Waals surface area contributed by atoms with Gasteiger partial charge in [0.25, 0.3) is 0 Å². The lowest BCUT2D eigenvalue weighted by molar-refractivity contribution is 0.151. The van der Waals surface area contributed by atoms with Gasteiger partial charge in [-0.15, -0.1) is 0 Å². The van der Waals surface area contributed by atoms with Gasteiger partial charge in [0.15, 0.2) is 0 Å². The molecular formula is C25H38N4. The van der Waals surface area contributed by atoms with E-state index in [1.54, 1.807) is 0 Å². The van der Waals surface area contributed by atoms with Crippen molar-refractivity contribution in [2.75, 3.05) is 32.7 Å². The Labute approximate surface area is 176 Å². The van der Waals surface area contributed by atoms with E-state index in [1.807, 2.05) is 0 Å². The normalized spacial score (nSPS) is 26.0. The van der Waals surface area contributed by atoms with Crippen LogP contribution in [0.25, 0.3) is 11.0 Å². The quantitative estimate of drug-likeness (QED) is 0.782. The summed E-state index contributed by atoms with van der Waals surface area (Å²) in [5, 5.41) is 3.55. The predicted octanol–water partition coefficient (Wildman–Crippen LogP) is 5.11. The lowest BCUT2D eigenvalue weighted by Crippen LogP contribution is -2.38. The number of piperidine rings is 1. The molecule has 2 saturated heterocycles. The summed E-state index contributed by atoms with van der Waals surface area (Å²) in [6.45, 7) is 6.08. The Hall–Kier alpha value is -1.39. The minimum absolute atomic E-state index is 0.579. The first-order chi connectivity index (χ1) is 14.4. The zero-order valence-electron chi connectivity index (χ0n) is 18.0. The maximum Gasteiger partial charge on any atom is 0.114 e. The van der Waals surface area contributed by atoms with Crippen LogP contribution in [-0.4, -0.2) is 47.2 Å². The zero-order valence-corrected chi connectivity index (χ0v) is 18.0. The average Bonchev–Trinajstić information content (AvgIpc) is 3.38. The first kappa shape index (κ1) is 19.6. The molecule has 1 aromatic heterocycles. The molecule has 1 aliphatic carbocycles. The van der Waals surface area contributed by atoms with Crippen molar-refractivity contribution in [1.82, 2.24) is 19.8 Å². The number of imidazole rings is 1. The summed E-state index contributed by atoms with van der Waals surface area (Å²) < 4.78 is 2.64. The van der Waals surface area contributed by atoms with E-state index in [1.165, 1.54) is 101 Å². The first-order valence-electron chi connectivity index (χ1n) is 12.3. The van der Waals surface area contributed by atoms with Gasteiger partial charge >= 0.3 is 0 Å². The number of hydrogen-bond acceptors (Lipinski definition) is 3. The van der Waals surface area contributed by atoms with E-state index < -0.39 is 0 Å². The van der Waals surface area contributed by atoms with Crippen LogP contribution in [-0.2, 0) is 0 Å². The van der Waals surface area contributed by atoms with Crippen molar-refractivity contribution in [3.05, 3.63) is 30.1 Å². The van der Waals surface area contributed by atoms with Crippen molar-refractivity contribution in [3.8, 4) is 0 Å². The predicted molar refractivity (Wildman–Crippen MR) is 120 cm³/mol. The Kier molecular flexibility index (Phi) is 6.19. The summed E-state index contributed by atoms with van der Waals surface area (Å²) in [6.07, 6.45) is 14.0. The molecule has 3 heterocycles. The second-order valence-electron chi connectivity index (χ2n) is 9.76. The fraction of sp³-hybridized carbons (Fsp3) is 0.720. The standard InChI is InChI=1S/C25H38N4/c1-2-4-8-20(9-5-3-1)19-28-16-13-22(14-17-28)29-24-11-7-6-10-23(24)27-25(29)21-12-15-26-18-21/h6-7,10-11,20-22,26H,1-5,8-9,12-19H2/t21-/m1/s1. The number of para-hydroxylation sites is 2. The molecule has 1 atom stereocenters. The number of rotatable bonds is 4. The third kappa shape index (κ3) is 4.39. The zero-order chi connectivity index (χ0) is 19.5. The Morgan fingerprint density at radius 1 is 0.897 bits per heavy atom. The third-order valence-corrected chi connectivity index (χ3v) is 7.71. The molecule has 2 aromatic rings. The van der Waals surface area contributed by atoms with Gasteiger partial charge in [-0.05, 0) is 56.7 Å². The average molecular weight is 395 g/mol. The summed E-state index contributed by atoms with van der Waals surface area (Å²) in [7, 11) is 0. The molecule has 29 heavy (non-hydrogen) atoms. The maximum absolute atomic E-state index is 5.11. The summed E-state index contributed by atoms with van der Waals surface area (Å²) in [5.74, 6) is 2.87. The van der Waals surface area contributed by atoms with Crippen molar-refractivity contribution in [2.45, 2.75) is 76.2 Å². The molecule has 1 aromatic carbocycles.